The molecule has 0 bridgehead atoms. The Bertz CT molecular complexity index is 342. The summed E-state index contributed by atoms with van der Waals surface area (Å²) < 4.78 is 1.16. The molecule has 1 aliphatic rings. The Labute approximate surface area is 116 Å². The minimum Gasteiger partial charge on any atom is -0.392 e. The van der Waals surface area contributed by atoms with Gasteiger partial charge in [-0.3, -0.25) is 0 Å². The Morgan fingerprint density at radius 1 is 1.35 bits per heavy atom. The molecule has 2 rings (SSSR count). The van der Waals surface area contributed by atoms with Crippen molar-refractivity contribution in [3.05, 3.63) is 20.8 Å². The molecule has 0 saturated heterocycles. The topological polar surface area (TPSA) is 20.2 Å². The predicted molar refractivity (Wildman–Crippen MR) is 77.5 cm³/mol. The number of hydrogen-bond acceptors (Lipinski definition) is 2. The highest BCUT2D eigenvalue weighted by atomic mass is 79.9. The standard InChI is InChI=1S/C14H21BrOS/c1-2-10-3-5-11(6-4-10)13(16)9-12-7-8-14(15)17-12/h7-8,10-11,13,16H,2-6,9H2,1H3. The average molecular weight is 317 g/mol. The number of hydrogen-bond donors (Lipinski definition) is 1. The third-order valence-corrected chi connectivity index (χ3v) is 5.70. The second-order valence-corrected chi connectivity index (χ2v) is 7.71. The predicted octanol–water partition coefficient (Wildman–Crippen LogP) is 4.63. The zero-order valence-electron chi connectivity index (χ0n) is 10.4. The second-order valence-electron chi connectivity index (χ2n) is 5.17. The molecule has 96 valence electrons. The highest BCUT2D eigenvalue weighted by Gasteiger charge is 2.25. The monoisotopic (exact) mass is 316 g/mol. The number of halogens is 1. The summed E-state index contributed by atoms with van der Waals surface area (Å²) in [6, 6.07) is 4.19. The van der Waals surface area contributed by atoms with Crippen LogP contribution in [0.15, 0.2) is 15.9 Å². The van der Waals surface area contributed by atoms with E-state index in [1.54, 1.807) is 11.3 Å². The van der Waals surface area contributed by atoms with Crippen LogP contribution in [0.5, 0.6) is 0 Å². The summed E-state index contributed by atoms with van der Waals surface area (Å²) in [6.07, 6.45) is 7.05. The molecule has 3 heteroatoms. The third kappa shape index (κ3) is 3.80. The first-order chi connectivity index (χ1) is 8.19. The molecular formula is C14H21BrOS. The van der Waals surface area contributed by atoms with E-state index in [1.807, 2.05) is 0 Å². The fourth-order valence-corrected chi connectivity index (χ4v) is 4.35. The molecule has 1 saturated carbocycles. The van der Waals surface area contributed by atoms with Gasteiger partial charge in [0.25, 0.3) is 0 Å². The summed E-state index contributed by atoms with van der Waals surface area (Å²) in [4.78, 5) is 1.29. The fourth-order valence-electron chi connectivity index (χ4n) is 2.82. The van der Waals surface area contributed by atoms with Crippen molar-refractivity contribution >= 4 is 27.3 Å². The fraction of sp³-hybridized carbons (Fsp3) is 0.714. The summed E-state index contributed by atoms with van der Waals surface area (Å²) in [5.41, 5.74) is 0. The van der Waals surface area contributed by atoms with E-state index in [1.165, 1.54) is 37.0 Å². The molecule has 0 amide bonds. The maximum atomic E-state index is 10.3. The van der Waals surface area contributed by atoms with Crippen molar-refractivity contribution in [1.29, 1.82) is 0 Å². The lowest BCUT2D eigenvalue weighted by Crippen LogP contribution is -2.27. The van der Waals surface area contributed by atoms with Gasteiger partial charge in [0, 0.05) is 11.3 Å². The summed E-state index contributed by atoms with van der Waals surface area (Å²) in [5.74, 6) is 1.44. The summed E-state index contributed by atoms with van der Waals surface area (Å²) in [5, 5.41) is 10.3. The van der Waals surface area contributed by atoms with Crippen molar-refractivity contribution < 1.29 is 5.11 Å². The largest absolute Gasteiger partial charge is 0.392 e. The van der Waals surface area contributed by atoms with Crippen LogP contribution < -0.4 is 0 Å². The van der Waals surface area contributed by atoms with Crippen molar-refractivity contribution in [2.24, 2.45) is 11.8 Å². The Hall–Kier alpha value is 0.140. The van der Waals surface area contributed by atoms with Gasteiger partial charge < -0.3 is 5.11 Å². The first-order valence-corrected chi connectivity index (χ1v) is 8.22. The van der Waals surface area contributed by atoms with Gasteiger partial charge in [0.05, 0.1) is 9.89 Å². The molecule has 1 fully saturated rings. The van der Waals surface area contributed by atoms with E-state index in [-0.39, 0.29) is 6.10 Å². The maximum Gasteiger partial charge on any atom is 0.0701 e. The number of aliphatic hydroxyl groups is 1. The van der Waals surface area contributed by atoms with Gasteiger partial charge in [0.2, 0.25) is 0 Å². The van der Waals surface area contributed by atoms with Gasteiger partial charge in [-0.05, 0) is 52.7 Å². The first-order valence-electron chi connectivity index (χ1n) is 6.61. The van der Waals surface area contributed by atoms with E-state index in [2.05, 4.69) is 35.0 Å². The third-order valence-electron chi connectivity index (χ3n) is 4.05. The SMILES string of the molecule is CCC1CCC(C(O)Cc2ccc(Br)s2)CC1. The zero-order valence-corrected chi connectivity index (χ0v) is 12.8. The average Bonchev–Trinajstić information content (AvgIpc) is 2.75. The molecule has 1 aromatic heterocycles. The van der Waals surface area contributed by atoms with Crippen LogP contribution in [0.1, 0.15) is 43.9 Å². The van der Waals surface area contributed by atoms with Crippen LogP contribution in [0, 0.1) is 11.8 Å². The van der Waals surface area contributed by atoms with Crippen molar-refractivity contribution in [2.75, 3.05) is 0 Å². The van der Waals surface area contributed by atoms with Gasteiger partial charge in [0.1, 0.15) is 0 Å². The summed E-state index contributed by atoms with van der Waals surface area (Å²) in [7, 11) is 0. The van der Waals surface area contributed by atoms with Gasteiger partial charge in [0.15, 0.2) is 0 Å². The summed E-state index contributed by atoms with van der Waals surface area (Å²) >= 11 is 5.21. The summed E-state index contributed by atoms with van der Waals surface area (Å²) in [6.45, 7) is 2.28. The van der Waals surface area contributed by atoms with Crippen molar-refractivity contribution in [2.45, 2.75) is 51.6 Å². The molecule has 0 radical (unpaired) electrons. The van der Waals surface area contributed by atoms with Crippen molar-refractivity contribution in [1.82, 2.24) is 0 Å². The quantitative estimate of drug-likeness (QED) is 0.858. The van der Waals surface area contributed by atoms with Crippen LogP contribution in [-0.2, 0) is 6.42 Å². The van der Waals surface area contributed by atoms with Gasteiger partial charge in [-0.2, -0.15) is 0 Å². The zero-order chi connectivity index (χ0) is 12.3. The molecule has 1 aromatic rings. The molecule has 0 aliphatic heterocycles. The second kappa shape index (κ2) is 6.35. The smallest absolute Gasteiger partial charge is 0.0701 e. The molecule has 1 atom stereocenters. The molecule has 1 aliphatic carbocycles. The van der Waals surface area contributed by atoms with Gasteiger partial charge in [-0.15, -0.1) is 11.3 Å². The Morgan fingerprint density at radius 3 is 2.59 bits per heavy atom. The van der Waals surface area contributed by atoms with E-state index in [0.717, 1.165) is 16.1 Å². The number of rotatable bonds is 4. The molecule has 0 spiro atoms. The molecular weight excluding hydrogens is 296 g/mol. The number of aliphatic hydroxyl groups excluding tert-OH is 1. The van der Waals surface area contributed by atoms with E-state index in [0.29, 0.717) is 5.92 Å². The molecule has 1 unspecified atom stereocenters. The van der Waals surface area contributed by atoms with Gasteiger partial charge >= 0.3 is 0 Å². The molecule has 1 nitrogen and oxygen atoms in total. The lowest BCUT2D eigenvalue weighted by molar-refractivity contribution is 0.0741. The Balaban J connectivity index is 1.82. The molecule has 17 heavy (non-hydrogen) atoms. The molecule has 1 heterocycles. The molecule has 1 N–H and O–H groups in total. The van der Waals surface area contributed by atoms with E-state index in [4.69, 9.17) is 0 Å². The maximum absolute atomic E-state index is 10.3. The van der Waals surface area contributed by atoms with Crippen LogP contribution in [0.25, 0.3) is 0 Å². The highest BCUT2D eigenvalue weighted by Crippen LogP contribution is 2.34. The lowest BCUT2D eigenvalue weighted by atomic mass is 9.78. The minimum atomic E-state index is -0.140. The van der Waals surface area contributed by atoms with Gasteiger partial charge in [-0.25, -0.2) is 0 Å². The number of thiophene rings is 1. The van der Waals surface area contributed by atoms with E-state index >= 15 is 0 Å². The normalized spacial score (nSPS) is 27.0. The van der Waals surface area contributed by atoms with Crippen LogP contribution in [0.4, 0.5) is 0 Å². The Morgan fingerprint density at radius 2 is 2.06 bits per heavy atom. The van der Waals surface area contributed by atoms with E-state index < -0.39 is 0 Å². The van der Waals surface area contributed by atoms with E-state index in [9.17, 15) is 5.11 Å². The lowest BCUT2D eigenvalue weighted by Gasteiger charge is -2.30. The first kappa shape index (κ1) is 13.6. The molecule has 0 aromatic carbocycles. The van der Waals surface area contributed by atoms with Crippen LogP contribution in [0.3, 0.4) is 0 Å². The highest BCUT2D eigenvalue weighted by molar-refractivity contribution is 9.11. The van der Waals surface area contributed by atoms with Crippen LogP contribution in [-0.4, -0.2) is 11.2 Å². The minimum absolute atomic E-state index is 0.140. The van der Waals surface area contributed by atoms with Crippen molar-refractivity contribution in [3.63, 3.8) is 0 Å². The Kier molecular flexibility index (Phi) is 5.07. The van der Waals surface area contributed by atoms with Gasteiger partial charge in [-0.1, -0.05) is 26.2 Å². The van der Waals surface area contributed by atoms with Crippen LogP contribution >= 0.6 is 27.3 Å². The van der Waals surface area contributed by atoms with Crippen molar-refractivity contribution in [3.8, 4) is 0 Å². The van der Waals surface area contributed by atoms with Crippen LogP contribution in [0.2, 0.25) is 0 Å².